The number of rotatable bonds is 8. The normalized spacial score (nSPS) is 14.3. The molecule has 0 unspecified atom stereocenters. The molecule has 2 heteroatoms. The molecule has 21 heavy (non-hydrogen) atoms. The Hall–Kier alpha value is -1.70. The third kappa shape index (κ3) is 4.38. The van der Waals surface area contributed by atoms with E-state index in [0.29, 0.717) is 18.6 Å². The molecule has 112 valence electrons. The van der Waals surface area contributed by atoms with Crippen LogP contribution < -0.4 is 0 Å². The van der Waals surface area contributed by atoms with E-state index in [1.54, 1.807) is 0 Å². The highest BCUT2D eigenvalue weighted by molar-refractivity contribution is 6.00. The lowest BCUT2D eigenvalue weighted by atomic mass is 9.98. The monoisotopic (exact) mass is 284 g/mol. The molecule has 2 rings (SSSR count). The smallest absolute Gasteiger partial charge is 0.163 e. The van der Waals surface area contributed by atoms with Crippen LogP contribution in [0.25, 0.3) is 0 Å². The lowest BCUT2D eigenvalue weighted by molar-refractivity contribution is -0.107. The molecule has 1 aromatic rings. The Morgan fingerprint density at radius 2 is 2.05 bits per heavy atom. The van der Waals surface area contributed by atoms with Gasteiger partial charge in [0.25, 0.3) is 0 Å². The van der Waals surface area contributed by atoms with Crippen molar-refractivity contribution in [1.29, 1.82) is 0 Å². The fourth-order valence-electron chi connectivity index (χ4n) is 3.01. The topological polar surface area (TPSA) is 34.1 Å². The number of fused-ring (bicyclic) bond motifs is 1. The van der Waals surface area contributed by atoms with Gasteiger partial charge in [-0.25, -0.2) is 0 Å². The average Bonchev–Trinajstić information content (AvgIpc) is 2.86. The van der Waals surface area contributed by atoms with E-state index in [1.807, 2.05) is 12.1 Å². The van der Waals surface area contributed by atoms with Crippen LogP contribution >= 0.6 is 0 Å². The van der Waals surface area contributed by atoms with Crippen molar-refractivity contribution in [2.75, 3.05) is 0 Å². The van der Waals surface area contributed by atoms with Gasteiger partial charge >= 0.3 is 0 Å². The van der Waals surface area contributed by atoms with Gasteiger partial charge in [-0.05, 0) is 56.6 Å². The zero-order valence-electron chi connectivity index (χ0n) is 12.9. The Kier molecular flexibility index (Phi) is 5.91. The standard InChI is InChI=1S/C19H24O2/c1-15(7-3-2-4-14-20)8-5-9-16-10-6-11-18-17(16)12-13-19(18)21/h6,8,10-11,14H,2-5,7,9,12-13H2,1H3. The number of aryl methyl sites for hydroxylation is 1. The number of benzene rings is 1. The van der Waals surface area contributed by atoms with Crippen LogP contribution in [0.2, 0.25) is 0 Å². The van der Waals surface area contributed by atoms with Gasteiger partial charge in [0, 0.05) is 18.4 Å². The van der Waals surface area contributed by atoms with Crippen LogP contribution in [0.4, 0.5) is 0 Å². The molecule has 0 heterocycles. The van der Waals surface area contributed by atoms with E-state index in [4.69, 9.17) is 0 Å². The molecule has 0 spiro atoms. The number of hydrogen-bond donors (Lipinski definition) is 0. The first-order valence-electron chi connectivity index (χ1n) is 7.95. The van der Waals surface area contributed by atoms with Crippen molar-refractivity contribution in [2.45, 2.75) is 58.3 Å². The molecule has 0 saturated heterocycles. The number of carbonyl (C=O) groups excluding carboxylic acids is 2. The van der Waals surface area contributed by atoms with Crippen molar-refractivity contribution in [3.63, 3.8) is 0 Å². The number of allylic oxidation sites excluding steroid dienone is 2. The highest BCUT2D eigenvalue weighted by Gasteiger charge is 2.20. The largest absolute Gasteiger partial charge is 0.303 e. The summed E-state index contributed by atoms with van der Waals surface area (Å²) in [5, 5.41) is 0. The van der Waals surface area contributed by atoms with Crippen LogP contribution in [0.5, 0.6) is 0 Å². The van der Waals surface area contributed by atoms with E-state index in [9.17, 15) is 9.59 Å². The molecular formula is C19H24O2. The van der Waals surface area contributed by atoms with Gasteiger partial charge in [0.1, 0.15) is 6.29 Å². The Labute approximate surface area is 127 Å². The third-order valence-corrected chi connectivity index (χ3v) is 4.23. The molecule has 0 bridgehead atoms. The van der Waals surface area contributed by atoms with Gasteiger partial charge in [-0.1, -0.05) is 29.8 Å². The molecule has 0 fully saturated rings. The fraction of sp³-hybridized carbons (Fsp3) is 0.474. The summed E-state index contributed by atoms with van der Waals surface area (Å²) in [4.78, 5) is 22.0. The van der Waals surface area contributed by atoms with Gasteiger partial charge in [0.05, 0.1) is 0 Å². The Balaban J connectivity index is 1.84. The predicted octanol–water partition coefficient (Wildman–Crippen LogP) is 4.45. The predicted molar refractivity (Wildman–Crippen MR) is 85.7 cm³/mol. The Morgan fingerprint density at radius 3 is 2.86 bits per heavy atom. The number of hydrogen-bond acceptors (Lipinski definition) is 2. The SMILES string of the molecule is CC(=CCCc1cccc2c1CCC2=O)CCCCC=O. The summed E-state index contributed by atoms with van der Waals surface area (Å²) in [7, 11) is 0. The number of carbonyl (C=O) groups is 2. The Bertz CT molecular complexity index is 540. The van der Waals surface area contributed by atoms with Crippen LogP contribution in [0.1, 0.15) is 66.9 Å². The van der Waals surface area contributed by atoms with Crippen molar-refractivity contribution < 1.29 is 9.59 Å². The third-order valence-electron chi connectivity index (χ3n) is 4.23. The summed E-state index contributed by atoms with van der Waals surface area (Å²) in [5.41, 5.74) is 4.97. The molecule has 1 aromatic carbocycles. The maximum absolute atomic E-state index is 11.7. The lowest BCUT2D eigenvalue weighted by Crippen LogP contribution is -1.95. The van der Waals surface area contributed by atoms with Crippen LogP contribution in [0.15, 0.2) is 29.8 Å². The summed E-state index contributed by atoms with van der Waals surface area (Å²) in [5.74, 6) is 0.300. The molecule has 1 aliphatic rings. The second-order valence-electron chi connectivity index (χ2n) is 5.87. The zero-order valence-corrected chi connectivity index (χ0v) is 12.9. The van der Waals surface area contributed by atoms with Crippen molar-refractivity contribution in [2.24, 2.45) is 0 Å². The van der Waals surface area contributed by atoms with E-state index in [-0.39, 0.29) is 0 Å². The summed E-state index contributed by atoms with van der Waals surface area (Å²) in [6.07, 6.45) is 10.8. The second-order valence-corrected chi connectivity index (χ2v) is 5.87. The average molecular weight is 284 g/mol. The summed E-state index contributed by atoms with van der Waals surface area (Å²) in [6, 6.07) is 6.13. The molecule has 0 aromatic heterocycles. The molecule has 0 N–H and O–H groups in total. The van der Waals surface area contributed by atoms with Crippen LogP contribution in [-0.2, 0) is 17.6 Å². The van der Waals surface area contributed by atoms with Crippen LogP contribution in [0.3, 0.4) is 0 Å². The zero-order chi connectivity index (χ0) is 15.1. The van der Waals surface area contributed by atoms with Crippen LogP contribution in [0, 0.1) is 0 Å². The van der Waals surface area contributed by atoms with Crippen molar-refractivity contribution in [3.05, 3.63) is 46.5 Å². The maximum Gasteiger partial charge on any atom is 0.163 e. The van der Waals surface area contributed by atoms with Gasteiger partial charge in [-0.2, -0.15) is 0 Å². The summed E-state index contributed by atoms with van der Waals surface area (Å²) >= 11 is 0. The van der Waals surface area contributed by atoms with Crippen molar-refractivity contribution in [1.82, 2.24) is 0 Å². The molecule has 0 aliphatic heterocycles. The van der Waals surface area contributed by atoms with E-state index >= 15 is 0 Å². The number of Topliss-reactive ketones (excluding diaryl/α,β-unsaturated/α-hetero) is 1. The molecule has 0 amide bonds. The van der Waals surface area contributed by atoms with Gasteiger partial charge in [0.2, 0.25) is 0 Å². The first-order chi connectivity index (χ1) is 10.2. The quantitative estimate of drug-likeness (QED) is 0.401. The van der Waals surface area contributed by atoms with E-state index < -0.39 is 0 Å². The Morgan fingerprint density at radius 1 is 1.19 bits per heavy atom. The highest BCUT2D eigenvalue weighted by atomic mass is 16.1. The summed E-state index contributed by atoms with van der Waals surface area (Å²) in [6.45, 7) is 2.17. The van der Waals surface area contributed by atoms with Crippen molar-refractivity contribution >= 4 is 12.1 Å². The highest BCUT2D eigenvalue weighted by Crippen LogP contribution is 2.26. The van der Waals surface area contributed by atoms with Gasteiger partial charge < -0.3 is 4.79 Å². The maximum atomic E-state index is 11.7. The van der Waals surface area contributed by atoms with Gasteiger partial charge in [-0.15, -0.1) is 0 Å². The molecule has 2 nitrogen and oxygen atoms in total. The first-order valence-corrected chi connectivity index (χ1v) is 7.95. The molecule has 1 aliphatic carbocycles. The van der Waals surface area contributed by atoms with E-state index in [0.717, 1.165) is 50.4 Å². The first kappa shape index (κ1) is 15.7. The molecule has 0 saturated carbocycles. The summed E-state index contributed by atoms with van der Waals surface area (Å²) < 4.78 is 0. The molecule has 0 radical (unpaired) electrons. The minimum absolute atomic E-state index is 0.300. The number of unbranched alkanes of at least 4 members (excludes halogenated alkanes) is 2. The van der Waals surface area contributed by atoms with Gasteiger partial charge in [0.15, 0.2) is 5.78 Å². The molecular weight excluding hydrogens is 260 g/mol. The lowest BCUT2D eigenvalue weighted by Gasteiger charge is -2.06. The van der Waals surface area contributed by atoms with E-state index in [1.165, 1.54) is 16.7 Å². The number of ketones is 1. The minimum Gasteiger partial charge on any atom is -0.303 e. The second kappa shape index (κ2) is 7.92. The molecule has 0 atom stereocenters. The van der Waals surface area contributed by atoms with Crippen molar-refractivity contribution in [3.8, 4) is 0 Å². The van der Waals surface area contributed by atoms with Crippen LogP contribution in [-0.4, -0.2) is 12.1 Å². The minimum atomic E-state index is 0.300. The van der Waals surface area contributed by atoms with E-state index in [2.05, 4.69) is 19.1 Å². The van der Waals surface area contributed by atoms with Gasteiger partial charge in [-0.3, -0.25) is 4.79 Å². The fourth-order valence-corrected chi connectivity index (χ4v) is 3.01. The number of aldehydes is 1.